The van der Waals surface area contributed by atoms with Crippen LogP contribution in [0.3, 0.4) is 0 Å². The van der Waals surface area contributed by atoms with Gasteiger partial charge in [-0.1, -0.05) is 6.07 Å². The summed E-state index contributed by atoms with van der Waals surface area (Å²) in [7, 11) is 2.90. The highest BCUT2D eigenvalue weighted by atomic mass is 32.2. The molecule has 10 nitrogen and oxygen atoms in total. The first-order valence-electron chi connectivity index (χ1n) is 13.8. The summed E-state index contributed by atoms with van der Waals surface area (Å²) in [5.74, 6) is 0.164. The number of hydrogen-bond acceptors (Lipinski definition) is 6. The Hall–Kier alpha value is -3.70. The molecule has 40 heavy (non-hydrogen) atoms. The van der Waals surface area contributed by atoms with Crippen LogP contribution in [-0.4, -0.2) is 74.7 Å². The second kappa shape index (κ2) is 7.73. The van der Waals surface area contributed by atoms with Gasteiger partial charge in [0.05, 0.1) is 41.2 Å². The standard InChI is InChI=1S/C29H32N8O2S/c1-5-40(38,39)37-15-28(16-37)13-29(14-28)17-34(2)22-11-30-27-24(25(22)29)23(26(33-27)20-10-31-35(3)12-20)18-6-7-21-19(8-18)9-32-36(21)4/h6-12H,5,13-17H2,1-4H3,(H,30,33). The second-order valence-corrected chi connectivity index (χ2v) is 14.5. The molecule has 0 unspecified atom stereocenters. The molecule has 206 valence electrons. The Morgan fingerprint density at radius 3 is 2.52 bits per heavy atom. The van der Waals surface area contributed by atoms with E-state index in [-0.39, 0.29) is 16.6 Å². The largest absolute Gasteiger partial charge is 0.372 e. The van der Waals surface area contributed by atoms with Crippen LogP contribution in [-0.2, 0) is 29.5 Å². The van der Waals surface area contributed by atoms with E-state index < -0.39 is 10.0 Å². The van der Waals surface area contributed by atoms with E-state index in [2.05, 4.69) is 45.3 Å². The van der Waals surface area contributed by atoms with Gasteiger partial charge in [-0.05, 0) is 48.4 Å². The van der Waals surface area contributed by atoms with Crippen LogP contribution in [0.25, 0.3) is 44.3 Å². The maximum Gasteiger partial charge on any atom is 0.213 e. The predicted molar refractivity (Wildman–Crippen MR) is 156 cm³/mol. The third-order valence-corrected chi connectivity index (χ3v) is 11.3. The number of rotatable bonds is 4. The summed E-state index contributed by atoms with van der Waals surface area (Å²) in [6.07, 6.45) is 9.82. The maximum atomic E-state index is 12.5. The first-order valence-corrected chi connectivity index (χ1v) is 15.4. The molecule has 2 aliphatic heterocycles. The van der Waals surface area contributed by atoms with Crippen molar-refractivity contribution in [3.05, 3.63) is 48.5 Å². The van der Waals surface area contributed by atoms with E-state index in [0.717, 1.165) is 63.7 Å². The minimum Gasteiger partial charge on any atom is -0.372 e. The molecular formula is C29H32N8O2S. The van der Waals surface area contributed by atoms with E-state index in [1.165, 1.54) is 11.3 Å². The van der Waals surface area contributed by atoms with Gasteiger partial charge in [-0.15, -0.1) is 0 Å². The first kappa shape index (κ1) is 24.1. The Labute approximate surface area is 232 Å². The first-order chi connectivity index (χ1) is 19.1. The smallest absolute Gasteiger partial charge is 0.213 e. The van der Waals surface area contributed by atoms with Gasteiger partial charge in [0.1, 0.15) is 5.65 Å². The van der Waals surface area contributed by atoms with Crippen LogP contribution < -0.4 is 4.90 Å². The lowest BCUT2D eigenvalue weighted by Gasteiger charge is -2.63. The Bertz CT molecular complexity index is 1950. The average Bonchev–Trinajstić information content (AvgIpc) is 3.64. The van der Waals surface area contributed by atoms with Crippen LogP contribution in [0.15, 0.2) is 43.0 Å². The van der Waals surface area contributed by atoms with Gasteiger partial charge in [-0.25, -0.2) is 17.7 Å². The molecular weight excluding hydrogens is 524 g/mol. The van der Waals surface area contributed by atoms with Gasteiger partial charge in [0.25, 0.3) is 0 Å². The van der Waals surface area contributed by atoms with Crippen molar-refractivity contribution in [2.24, 2.45) is 19.5 Å². The van der Waals surface area contributed by atoms with E-state index in [1.807, 2.05) is 48.2 Å². The number of aromatic nitrogens is 6. The normalized spacial score (nSPS) is 19.6. The molecule has 6 heterocycles. The molecule has 8 rings (SSSR count). The highest BCUT2D eigenvalue weighted by molar-refractivity contribution is 7.89. The molecule has 2 fully saturated rings. The number of likely N-dealkylation sites (N-methyl/N-ethyl adjacent to an activating group) is 1. The molecule has 1 N–H and O–H groups in total. The Morgan fingerprint density at radius 2 is 1.80 bits per heavy atom. The molecule has 1 aromatic carbocycles. The summed E-state index contributed by atoms with van der Waals surface area (Å²) in [4.78, 5) is 10.9. The molecule has 1 saturated heterocycles. The number of pyridine rings is 1. The van der Waals surface area contributed by atoms with Crippen molar-refractivity contribution >= 4 is 37.6 Å². The number of nitrogens with one attached hydrogen (secondary N) is 1. The van der Waals surface area contributed by atoms with Crippen molar-refractivity contribution in [1.29, 1.82) is 0 Å². The molecule has 5 aromatic rings. The number of fused-ring (bicyclic) bond motifs is 5. The van der Waals surface area contributed by atoms with Crippen molar-refractivity contribution in [3.8, 4) is 22.4 Å². The molecule has 0 radical (unpaired) electrons. The monoisotopic (exact) mass is 556 g/mol. The van der Waals surface area contributed by atoms with E-state index in [4.69, 9.17) is 4.98 Å². The lowest BCUT2D eigenvalue weighted by atomic mass is 9.48. The molecule has 1 saturated carbocycles. The third-order valence-electron chi connectivity index (χ3n) is 9.52. The van der Waals surface area contributed by atoms with Crippen LogP contribution in [0.2, 0.25) is 0 Å². The van der Waals surface area contributed by atoms with Crippen LogP contribution in [0.1, 0.15) is 25.3 Å². The number of sulfonamides is 1. The van der Waals surface area contributed by atoms with Gasteiger partial charge in [0.2, 0.25) is 10.0 Å². The van der Waals surface area contributed by atoms with E-state index in [9.17, 15) is 8.42 Å². The highest BCUT2D eigenvalue weighted by Crippen LogP contribution is 2.65. The van der Waals surface area contributed by atoms with Gasteiger partial charge in [-0.2, -0.15) is 10.2 Å². The fourth-order valence-corrected chi connectivity index (χ4v) is 9.25. The fraction of sp³-hybridized carbons (Fsp3) is 0.414. The molecule has 0 amide bonds. The number of nitrogens with zero attached hydrogens (tertiary/aromatic N) is 7. The molecule has 1 aliphatic carbocycles. The van der Waals surface area contributed by atoms with Crippen molar-refractivity contribution < 1.29 is 8.42 Å². The minimum absolute atomic E-state index is 0.0328. The number of benzene rings is 1. The highest BCUT2D eigenvalue weighted by Gasteiger charge is 2.64. The summed E-state index contributed by atoms with van der Waals surface area (Å²) in [5.41, 5.74) is 8.78. The van der Waals surface area contributed by atoms with Crippen molar-refractivity contribution in [1.82, 2.24) is 33.8 Å². The van der Waals surface area contributed by atoms with Gasteiger partial charge in [0.15, 0.2) is 0 Å². The van der Waals surface area contributed by atoms with Crippen LogP contribution in [0.5, 0.6) is 0 Å². The molecule has 2 spiro atoms. The zero-order chi connectivity index (χ0) is 27.6. The summed E-state index contributed by atoms with van der Waals surface area (Å²) in [6, 6.07) is 6.54. The van der Waals surface area contributed by atoms with E-state index in [0.29, 0.717) is 13.1 Å². The topological polar surface area (TPSA) is 105 Å². The zero-order valence-corrected chi connectivity index (χ0v) is 24.0. The lowest BCUT2D eigenvalue weighted by molar-refractivity contribution is -0.0657. The number of H-pyrrole nitrogens is 1. The number of anilines is 1. The van der Waals surface area contributed by atoms with Crippen LogP contribution >= 0.6 is 0 Å². The SMILES string of the molecule is CCS(=O)(=O)N1CC2(C1)CC1(CN(C)c3cnc4[nH]c(-c5cnn(C)c5)c(-c5ccc6c(cnn6C)c5)c4c31)C2. The van der Waals surface area contributed by atoms with Gasteiger partial charge in [0, 0.05) is 74.3 Å². The number of aromatic amines is 1. The molecule has 3 aliphatic rings. The minimum atomic E-state index is -3.14. The Morgan fingerprint density at radius 1 is 1.00 bits per heavy atom. The molecule has 0 bridgehead atoms. The maximum absolute atomic E-state index is 12.5. The quantitative estimate of drug-likeness (QED) is 0.362. The van der Waals surface area contributed by atoms with E-state index in [1.54, 1.807) is 11.2 Å². The second-order valence-electron chi connectivity index (χ2n) is 12.2. The predicted octanol–water partition coefficient (Wildman–Crippen LogP) is 3.65. The molecule has 4 aromatic heterocycles. The van der Waals surface area contributed by atoms with Gasteiger partial charge in [-0.3, -0.25) is 9.36 Å². The van der Waals surface area contributed by atoms with Crippen LogP contribution in [0.4, 0.5) is 5.69 Å². The van der Waals surface area contributed by atoms with Gasteiger partial charge < -0.3 is 9.88 Å². The summed E-state index contributed by atoms with van der Waals surface area (Å²) in [6.45, 7) is 3.91. The van der Waals surface area contributed by atoms with Crippen LogP contribution in [0, 0.1) is 5.41 Å². The third kappa shape index (κ3) is 3.13. The summed E-state index contributed by atoms with van der Waals surface area (Å²) >= 11 is 0. The number of aryl methyl sites for hydroxylation is 2. The summed E-state index contributed by atoms with van der Waals surface area (Å²) < 4.78 is 30.3. The zero-order valence-electron chi connectivity index (χ0n) is 23.1. The van der Waals surface area contributed by atoms with Crippen molar-refractivity contribution in [2.75, 3.05) is 37.3 Å². The Balaban J connectivity index is 1.32. The fourth-order valence-electron chi connectivity index (χ4n) is 7.94. The average molecular weight is 557 g/mol. The number of hydrogen-bond donors (Lipinski definition) is 1. The summed E-state index contributed by atoms with van der Waals surface area (Å²) in [5, 5.41) is 11.2. The lowest BCUT2D eigenvalue weighted by Crippen LogP contribution is -2.68. The Kier molecular flexibility index (Phi) is 4.66. The van der Waals surface area contributed by atoms with Crippen molar-refractivity contribution in [2.45, 2.75) is 25.2 Å². The molecule has 11 heteroatoms. The van der Waals surface area contributed by atoms with E-state index >= 15 is 0 Å². The van der Waals surface area contributed by atoms with Gasteiger partial charge >= 0.3 is 0 Å². The molecule has 0 atom stereocenters. The van der Waals surface area contributed by atoms with Crippen molar-refractivity contribution in [3.63, 3.8) is 0 Å².